The van der Waals surface area contributed by atoms with Gasteiger partial charge >= 0.3 is 12.1 Å². The molecule has 0 aliphatic rings. The molecule has 0 aromatic heterocycles. The number of carbonyl (C=O) groups is 2. The standard InChI is InChI=1S/C16H24FN3O3/c1-16(2,3)23-15(22)20-10-9-19-14(21)18-8-7-12-5-4-6-13(17)11-12/h4-6,11H,7-10H2,1-3H3,(H,20,22)(H2,18,19,21). The smallest absolute Gasteiger partial charge is 0.407 e. The van der Waals surface area contributed by atoms with Crippen molar-refractivity contribution in [2.45, 2.75) is 32.8 Å². The summed E-state index contributed by atoms with van der Waals surface area (Å²) in [6, 6.07) is 5.90. The summed E-state index contributed by atoms with van der Waals surface area (Å²) in [5, 5.41) is 7.80. The molecule has 0 aliphatic carbocycles. The van der Waals surface area contributed by atoms with Crippen molar-refractivity contribution in [2.75, 3.05) is 19.6 Å². The van der Waals surface area contributed by atoms with Crippen LogP contribution in [0.15, 0.2) is 24.3 Å². The van der Waals surface area contributed by atoms with Crippen LogP contribution in [0, 0.1) is 5.82 Å². The summed E-state index contributed by atoms with van der Waals surface area (Å²) >= 11 is 0. The molecule has 1 rings (SSSR count). The zero-order valence-electron chi connectivity index (χ0n) is 13.7. The molecule has 0 saturated heterocycles. The molecule has 0 aliphatic heterocycles. The quantitative estimate of drug-likeness (QED) is 0.702. The number of ether oxygens (including phenoxy) is 1. The highest BCUT2D eigenvalue weighted by Crippen LogP contribution is 2.06. The van der Waals surface area contributed by atoms with Gasteiger partial charge in [0, 0.05) is 19.6 Å². The normalized spacial score (nSPS) is 10.8. The van der Waals surface area contributed by atoms with Crippen molar-refractivity contribution < 1.29 is 18.7 Å². The average molecular weight is 325 g/mol. The molecule has 0 bridgehead atoms. The third-order valence-electron chi connectivity index (χ3n) is 2.67. The van der Waals surface area contributed by atoms with Crippen molar-refractivity contribution >= 4 is 12.1 Å². The van der Waals surface area contributed by atoms with Crippen LogP contribution in [-0.2, 0) is 11.2 Å². The third kappa shape index (κ3) is 9.34. The van der Waals surface area contributed by atoms with Gasteiger partial charge in [0.2, 0.25) is 0 Å². The van der Waals surface area contributed by atoms with Crippen LogP contribution >= 0.6 is 0 Å². The number of amides is 3. The molecule has 0 fully saturated rings. The molecule has 1 aromatic rings. The molecular weight excluding hydrogens is 301 g/mol. The first-order valence-corrected chi connectivity index (χ1v) is 7.49. The first-order chi connectivity index (χ1) is 10.8. The van der Waals surface area contributed by atoms with E-state index in [2.05, 4.69) is 16.0 Å². The zero-order valence-corrected chi connectivity index (χ0v) is 13.7. The Labute approximate surface area is 135 Å². The van der Waals surface area contributed by atoms with Crippen LogP contribution in [0.5, 0.6) is 0 Å². The Kier molecular flexibility index (Phi) is 7.31. The topological polar surface area (TPSA) is 79.5 Å². The number of nitrogens with one attached hydrogen (secondary N) is 3. The molecule has 0 spiro atoms. The summed E-state index contributed by atoms with van der Waals surface area (Å²) in [5.74, 6) is -0.292. The van der Waals surface area contributed by atoms with Gasteiger partial charge in [-0.2, -0.15) is 0 Å². The number of halogens is 1. The fourth-order valence-electron chi connectivity index (χ4n) is 1.73. The SMILES string of the molecule is CC(C)(C)OC(=O)NCCNC(=O)NCCc1cccc(F)c1. The van der Waals surface area contributed by atoms with Crippen molar-refractivity contribution in [1.82, 2.24) is 16.0 Å². The monoisotopic (exact) mass is 325 g/mol. The molecule has 0 heterocycles. The van der Waals surface area contributed by atoms with Crippen LogP contribution < -0.4 is 16.0 Å². The van der Waals surface area contributed by atoms with Crippen LogP contribution in [0.4, 0.5) is 14.0 Å². The lowest BCUT2D eigenvalue weighted by Gasteiger charge is -2.19. The minimum Gasteiger partial charge on any atom is -0.444 e. The lowest BCUT2D eigenvalue weighted by atomic mass is 10.1. The summed E-state index contributed by atoms with van der Waals surface area (Å²) in [5.41, 5.74) is 0.267. The van der Waals surface area contributed by atoms with Gasteiger partial charge in [-0.25, -0.2) is 14.0 Å². The van der Waals surface area contributed by atoms with Crippen LogP contribution in [-0.4, -0.2) is 37.4 Å². The van der Waals surface area contributed by atoms with E-state index < -0.39 is 11.7 Å². The van der Waals surface area contributed by atoms with Crippen molar-refractivity contribution in [3.63, 3.8) is 0 Å². The van der Waals surface area contributed by atoms with E-state index in [0.717, 1.165) is 5.56 Å². The van der Waals surface area contributed by atoms with Gasteiger partial charge in [0.25, 0.3) is 0 Å². The molecular formula is C16H24FN3O3. The Balaban J connectivity index is 2.10. The Morgan fingerprint density at radius 1 is 1.09 bits per heavy atom. The molecule has 0 unspecified atom stereocenters. The van der Waals surface area contributed by atoms with E-state index in [9.17, 15) is 14.0 Å². The van der Waals surface area contributed by atoms with Gasteiger partial charge < -0.3 is 20.7 Å². The summed E-state index contributed by atoms with van der Waals surface area (Å²) in [6.45, 7) is 6.27. The van der Waals surface area contributed by atoms with Gasteiger partial charge in [-0.3, -0.25) is 0 Å². The van der Waals surface area contributed by atoms with Crippen molar-refractivity contribution in [3.05, 3.63) is 35.6 Å². The van der Waals surface area contributed by atoms with Gasteiger partial charge in [0.1, 0.15) is 11.4 Å². The van der Waals surface area contributed by atoms with Crippen molar-refractivity contribution in [2.24, 2.45) is 0 Å². The minimum atomic E-state index is -0.550. The molecule has 0 saturated carbocycles. The molecule has 0 atom stereocenters. The van der Waals surface area contributed by atoms with Gasteiger partial charge in [0.05, 0.1) is 0 Å². The van der Waals surface area contributed by atoms with E-state index in [4.69, 9.17) is 4.74 Å². The number of hydrogen-bond acceptors (Lipinski definition) is 3. The number of urea groups is 1. The second kappa shape index (κ2) is 8.97. The van der Waals surface area contributed by atoms with E-state index in [-0.39, 0.29) is 24.9 Å². The van der Waals surface area contributed by atoms with Crippen LogP contribution in [0.3, 0.4) is 0 Å². The lowest BCUT2D eigenvalue weighted by Crippen LogP contribution is -2.41. The summed E-state index contributed by atoms with van der Waals surface area (Å²) in [4.78, 5) is 22.9. The highest BCUT2D eigenvalue weighted by molar-refractivity contribution is 5.74. The summed E-state index contributed by atoms with van der Waals surface area (Å²) < 4.78 is 18.0. The predicted octanol–water partition coefficient (Wildman–Crippen LogP) is 2.19. The second-order valence-corrected chi connectivity index (χ2v) is 5.99. The second-order valence-electron chi connectivity index (χ2n) is 5.99. The molecule has 1 aromatic carbocycles. The van der Waals surface area contributed by atoms with Crippen molar-refractivity contribution in [1.29, 1.82) is 0 Å². The van der Waals surface area contributed by atoms with Crippen molar-refractivity contribution in [3.8, 4) is 0 Å². The number of alkyl carbamates (subject to hydrolysis) is 1. The Morgan fingerprint density at radius 3 is 2.39 bits per heavy atom. The Bertz CT molecular complexity index is 530. The Morgan fingerprint density at radius 2 is 1.74 bits per heavy atom. The largest absolute Gasteiger partial charge is 0.444 e. The van der Waals surface area contributed by atoms with Gasteiger partial charge in [-0.1, -0.05) is 12.1 Å². The van der Waals surface area contributed by atoms with E-state index >= 15 is 0 Å². The molecule has 23 heavy (non-hydrogen) atoms. The maximum atomic E-state index is 13.0. The van der Waals surface area contributed by atoms with Gasteiger partial charge in [0.15, 0.2) is 0 Å². The number of benzene rings is 1. The first kappa shape index (κ1) is 18.7. The average Bonchev–Trinajstić information content (AvgIpc) is 2.42. The molecule has 0 radical (unpaired) electrons. The van der Waals surface area contributed by atoms with E-state index in [1.807, 2.05) is 0 Å². The molecule has 3 amide bonds. The summed E-state index contributed by atoms with van der Waals surface area (Å²) in [6.07, 6.45) is 0.0206. The number of hydrogen-bond donors (Lipinski definition) is 3. The molecule has 7 heteroatoms. The molecule has 6 nitrogen and oxygen atoms in total. The highest BCUT2D eigenvalue weighted by atomic mass is 19.1. The van der Waals surface area contributed by atoms with E-state index in [0.29, 0.717) is 13.0 Å². The number of rotatable bonds is 6. The Hall–Kier alpha value is -2.31. The highest BCUT2D eigenvalue weighted by Gasteiger charge is 2.15. The predicted molar refractivity (Wildman–Crippen MR) is 85.7 cm³/mol. The van der Waals surface area contributed by atoms with Crippen LogP contribution in [0.2, 0.25) is 0 Å². The van der Waals surface area contributed by atoms with Crippen LogP contribution in [0.25, 0.3) is 0 Å². The zero-order chi connectivity index (χ0) is 17.3. The maximum absolute atomic E-state index is 13.0. The summed E-state index contributed by atoms with van der Waals surface area (Å²) in [7, 11) is 0. The third-order valence-corrected chi connectivity index (χ3v) is 2.67. The first-order valence-electron chi connectivity index (χ1n) is 7.49. The lowest BCUT2D eigenvalue weighted by molar-refractivity contribution is 0.0528. The molecule has 128 valence electrons. The number of carbonyl (C=O) groups excluding carboxylic acids is 2. The molecule has 3 N–H and O–H groups in total. The van der Waals surface area contributed by atoms with Crippen LogP contribution in [0.1, 0.15) is 26.3 Å². The minimum absolute atomic E-state index is 0.270. The van der Waals surface area contributed by atoms with Gasteiger partial charge in [-0.15, -0.1) is 0 Å². The van der Waals surface area contributed by atoms with Gasteiger partial charge in [-0.05, 0) is 44.9 Å². The maximum Gasteiger partial charge on any atom is 0.407 e. The van der Waals surface area contributed by atoms with E-state index in [1.54, 1.807) is 32.9 Å². The fourth-order valence-corrected chi connectivity index (χ4v) is 1.73. The van der Waals surface area contributed by atoms with E-state index in [1.165, 1.54) is 12.1 Å². The fraction of sp³-hybridized carbons (Fsp3) is 0.500.